The van der Waals surface area contributed by atoms with Crippen molar-refractivity contribution in [2.75, 3.05) is 0 Å². The molecule has 1 aliphatic carbocycles. The molecule has 9 heteroatoms. The first-order chi connectivity index (χ1) is 14.4. The molecule has 30 heavy (non-hydrogen) atoms. The average molecular weight is 455 g/mol. The Morgan fingerprint density at radius 1 is 0.833 bits per heavy atom. The van der Waals surface area contributed by atoms with E-state index >= 15 is 0 Å². The summed E-state index contributed by atoms with van der Waals surface area (Å²) in [6, 6.07) is 14.4. The second-order valence-electron chi connectivity index (χ2n) is 6.81. The van der Waals surface area contributed by atoms with Crippen molar-refractivity contribution in [2.45, 2.75) is 10.6 Å². The molecule has 5 rings (SSSR count). The van der Waals surface area contributed by atoms with Crippen LogP contribution < -0.4 is 0 Å². The Kier molecular flexibility index (Phi) is 4.32. The Morgan fingerprint density at radius 3 is 2.20 bits per heavy atom. The SMILES string of the molecule is O=C1c2ccccc2C(=O)c2c1cc(S(=O)(=O)Cc1ccccc1Cl)c1nsnc21. The van der Waals surface area contributed by atoms with E-state index in [1.165, 1.54) is 6.07 Å². The average Bonchev–Trinajstić information content (AvgIpc) is 3.22. The Labute approximate surface area is 180 Å². The van der Waals surface area contributed by atoms with E-state index in [-0.39, 0.29) is 49.7 Å². The first kappa shape index (κ1) is 19.0. The number of fused-ring (bicyclic) bond motifs is 4. The van der Waals surface area contributed by atoms with Gasteiger partial charge < -0.3 is 0 Å². The van der Waals surface area contributed by atoms with E-state index in [1.54, 1.807) is 48.5 Å². The molecule has 0 unspecified atom stereocenters. The summed E-state index contributed by atoms with van der Waals surface area (Å²) >= 11 is 6.94. The summed E-state index contributed by atoms with van der Waals surface area (Å²) in [7, 11) is -3.93. The highest BCUT2D eigenvalue weighted by atomic mass is 35.5. The fraction of sp³-hybridized carbons (Fsp3) is 0.0476. The smallest absolute Gasteiger partial charge is 0.196 e. The van der Waals surface area contributed by atoms with Gasteiger partial charge in [0.1, 0.15) is 11.0 Å². The zero-order chi connectivity index (χ0) is 21.0. The first-order valence-electron chi connectivity index (χ1n) is 8.82. The van der Waals surface area contributed by atoms with E-state index in [4.69, 9.17) is 11.6 Å². The highest BCUT2D eigenvalue weighted by molar-refractivity contribution is 7.90. The van der Waals surface area contributed by atoms with Gasteiger partial charge >= 0.3 is 0 Å². The Bertz CT molecular complexity index is 1490. The van der Waals surface area contributed by atoms with Crippen molar-refractivity contribution < 1.29 is 18.0 Å². The highest BCUT2D eigenvalue weighted by Crippen LogP contribution is 2.36. The number of ketones is 2. The van der Waals surface area contributed by atoms with E-state index in [0.717, 1.165) is 11.7 Å². The lowest BCUT2D eigenvalue weighted by atomic mass is 9.83. The summed E-state index contributed by atoms with van der Waals surface area (Å²) in [6.45, 7) is 0. The van der Waals surface area contributed by atoms with Crippen LogP contribution in [0.1, 0.15) is 37.4 Å². The van der Waals surface area contributed by atoms with Crippen LogP contribution in [0.4, 0.5) is 0 Å². The number of hydrogen-bond donors (Lipinski definition) is 0. The number of aromatic nitrogens is 2. The molecule has 1 heterocycles. The van der Waals surface area contributed by atoms with Gasteiger partial charge in [-0.1, -0.05) is 54.1 Å². The molecular weight excluding hydrogens is 444 g/mol. The second-order valence-corrected chi connectivity index (χ2v) is 9.71. The molecule has 6 nitrogen and oxygen atoms in total. The largest absolute Gasteiger partial charge is 0.289 e. The quantitative estimate of drug-likeness (QED) is 0.407. The van der Waals surface area contributed by atoms with Gasteiger partial charge in [-0.15, -0.1) is 0 Å². The maximum absolute atomic E-state index is 13.3. The van der Waals surface area contributed by atoms with Gasteiger partial charge in [0, 0.05) is 21.7 Å². The van der Waals surface area contributed by atoms with Crippen LogP contribution in [0.3, 0.4) is 0 Å². The number of carbonyl (C=O) groups excluding carboxylic acids is 2. The zero-order valence-corrected chi connectivity index (χ0v) is 17.5. The molecule has 0 N–H and O–H groups in total. The Morgan fingerprint density at radius 2 is 1.47 bits per heavy atom. The summed E-state index contributed by atoms with van der Waals surface area (Å²) in [5, 5.41) is 0.326. The number of carbonyl (C=O) groups is 2. The van der Waals surface area contributed by atoms with E-state index in [1.807, 2.05) is 0 Å². The predicted molar refractivity (Wildman–Crippen MR) is 113 cm³/mol. The summed E-state index contributed by atoms with van der Waals surface area (Å²) in [4.78, 5) is 26.0. The van der Waals surface area contributed by atoms with Gasteiger partial charge in [-0.25, -0.2) is 8.42 Å². The molecule has 0 fully saturated rings. The van der Waals surface area contributed by atoms with Gasteiger partial charge in [-0.2, -0.15) is 8.75 Å². The van der Waals surface area contributed by atoms with Crippen molar-refractivity contribution in [3.8, 4) is 0 Å². The lowest BCUT2D eigenvalue weighted by Crippen LogP contribution is -2.22. The van der Waals surface area contributed by atoms with Gasteiger partial charge in [0.2, 0.25) is 0 Å². The molecule has 148 valence electrons. The third-order valence-electron chi connectivity index (χ3n) is 5.03. The van der Waals surface area contributed by atoms with Gasteiger partial charge in [0.05, 0.1) is 27.9 Å². The Hall–Kier alpha value is -2.94. The van der Waals surface area contributed by atoms with Crippen LogP contribution >= 0.6 is 23.3 Å². The predicted octanol–water partition coefficient (Wildman–Crippen LogP) is 4.09. The lowest BCUT2D eigenvalue weighted by molar-refractivity contribution is 0.0980. The minimum absolute atomic E-state index is 0.0247. The molecule has 0 aliphatic heterocycles. The third-order valence-corrected chi connectivity index (χ3v) is 7.60. The molecule has 1 aliphatic rings. The third kappa shape index (κ3) is 2.79. The fourth-order valence-electron chi connectivity index (χ4n) is 3.62. The van der Waals surface area contributed by atoms with Crippen molar-refractivity contribution in [3.63, 3.8) is 0 Å². The number of hydrogen-bond acceptors (Lipinski definition) is 7. The summed E-state index contributed by atoms with van der Waals surface area (Å²) < 4.78 is 34.8. The maximum Gasteiger partial charge on any atom is 0.196 e. The minimum atomic E-state index is -3.93. The monoisotopic (exact) mass is 454 g/mol. The molecular formula is C21H11ClN2O4S2. The van der Waals surface area contributed by atoms with E-state index in [2.05, 4.69) is 8.75 Å². The van der Waals surface area contributed by atoms with Crippen LogP contribution in [0.5, 0.6) is 0 Å². The molecule has 1 aromatic heterocycles. The summed E-state index contributed by atoms with van der Waals surface area (Å²) in [5.41, 5.74) is 1.29. The van der Waals surface area contributed by atoms with Crippen molar-refractivity contribution in [1.29, 1.82) is 0 Å². The standard InChI is InChI=1S/C21H11ClN2O4S2/c22-15-8-4-1-5-11(15)10-30(27,28)16-9-14-17(19-18(16)23-29-24-19)21(26)13-7-3-2-6-12(13)20(14)25/h1-9H,10H2. The van der Waals surface area contributed by atoms with Crippen molar-refractivity contribution >= 4 is 55.8 Å². The lowest BCUT2D eigenvalue weighted by Gasteiger charge is -2.18. The molecule has 4 aromatic rings. The number of halogens is 1. The van der Waals surface area contributed by atoms with Crippen molar-refractivity contribution in [3.05, 3.63) is 87.4 Å². The van der Waals surface area contributed by atoms with Crippen LogP contribution in [0.15, 0.2) is 59.5 Å². The zero-order valence-electron chi connectivity index (χ0n) is 15.1. The van der Waals surface area contributed by atoms with Crippen LogP contribution in [0.2, 0.25) is 5.02 Å². The normalized spacial score (nSPS) is 13.4. The van der Waals surface area contributed by atoms with Crippen LogP contribution in [0, 0.1) is 0 Å². The van der Waals surface area contributed by atoms with Crippen LogP contribution in [-0.4, -0.2) is 28.7 Å². The van der Waals surface area contributed by atoms with E-state index in [0.29, 0.717) is 10.6 Å². The summed E-state index contributed by atoms with van der Waals surface area (Å²) in [5.74, 6) is -1.14. The van der Waals surface area contributed by atoms with Crippen LogP contribution in [-0.2, 0) is 15.6 Å². The van der Waals surface area contributed by atoms with Crippen molar-refractivity contribution in [1.82, 2.24) is 8.75 Å². The number of benzene rings is 3. The van der Waals surface area contributed by atoms with Gasteiger partial charge in [-0.3, -0.25) is 9.59 Å². The van der Waals surface area contributed by atoms with Gasteiger partial charge in [-0.05, 0) is 17.7 Å². The van der Waals surface area contributed by atoms with E-state index in [9.17, 15) is 18.0 Å². The highest BCUT2D eigenvalue weighted by Gasteiger charge is 2.35. The van der Waals surface area contributed by atoms with Gasteiger partial charge in [0.15, 0.2) is 21.4 Å². The molecule has 0 atom stereocenters. The number of nitrogens with zero attached hydrogens (tertiary/aromatic N) is 2. The molecule has 0 radical (unpaired) electrons. The van der Waals surface area contributed by atoms with Gasteiger partial charge in [0.25, 0.3) is 0 Å². The topological polar surface area (TPSA) is 94.1 Å². The maximum atomic E-state index is 13.3. The molecule has 3 aromatic carbocycles. The molecule has 0 bridgehead atoms. The molecule has 0 amide bonds. The fourth-order valence-corrected chi connectivity index (χ4v) is 6.07. The van der Waals surface area contributed by atoms with Crippen molar-refractivity contribution in [2.24, 2.45) is 0 Å². The second kappa shape index (κ2) is 6.80. The number of sulfone groups is 1. The Balaban J connectivity index is 1.75. The molecule has 0 saturated heterocycles. The minimum Gasteiger partial charge on any atom is -0.289 e. The van der Waals surface area contributed by atoms with Crippen LogP contribution in [0.25, 0.3) is 11.0 Å². The molecule has 0 spiro atoms. The molecule has 0 saturated carbocycles. The first-order valence-corrected chi connectivity index (χ1v) is 11.6. The summed E-state index contributed by atoms with van der Waals surface area (Å²) in [6.07, 6.45) is 0. The number of rotatable bonds is 3. The van der Waals surface area contributed by atoms with E-state index < -0.39 is 15.6 Å².